The van der Waals surface area contributed by atoms with Crippen LogP contribution in [-0.2, 0) is 16.1 Å². The molecule has 0 N–H and O–H groups in total. The first kappa shape index (κ1) is 20.9. The first-order valence-electron chi connectivity index (χ1n) is 10.6. The lowest BCUT2D eigenvalue weighted by molar-refractivity contribution is 0.0799. The molecule has 1 aromatic heterocycles. The molecule has 3 heterocycles. The highest BCUT2D eigenvalue weighted by molar-refractivity contribution is 7.09. The molecule has 0 atom stereocenters. The molecule has 0 bridgehead atoms. The monoisotopic (exact) mass is 431 g/mol. The van der Waals surface area contributed by atoms with Gasteiger partial charge < -0.3 is 24.0 Å². The van der Waals surface area contributed by atoms with Crippen LogP contribution in [0.1, 0.15) is 24.3 Å². The van der Waals surface area contributed by atoms with E-state index in [1.807, 2.05) is 17.5 Å². The molecule has 0 radical (unpaired) electrons. The highest BCUT2D eigenvalue weighted by Crippen LogP contribution is 2.29. The summed E-state index contributed by atoms with van der Waals surface area (Å²) in [7, 11) is 0. The molecule has 2 saturated heterocycles. The number of amides is 1. The molecule has 8 heteroatoms. The molecule has 7 nitrogen and oxygen atoms in total. The zero-order valence-corrected chi connectivity index (χ0v) is 18.0. The molecule has 2 aliphatic rings. The number of carbonyl (C=O) groups is 1. The number of piperidine rings is 1. The van der Waals surface area contributed by atoms with Crippen LogP contribution in [0.25, 0.3) is 0 Å². The lowest BCUT2D eigenvalue weighted by Gasteiger charge is -2.32. The van der Waals surface area contributed by atoms with Crippen molar-refractivity contribution in [1.82, 2.24) is 9.88 Å². The summed E-state index contributed by atoms with van der Waals surface area (Å²) in [4.78, 5) is 20.5. The molecule has 1 aromatic carbocycles. The average molecular weight is 432 g/mol. The number of likely N-dealkylation sites (tertiary alicyclic amines) is 1. The fourth-order valence-electron chi connectivity index (χ4n) is 3.92. The fraction of sp³-hybridized carbons (Fsp3) is 0.545. The van der Waals surface area contributed by atoms with Gasteiger partial charge in [0.2, 0.25) is 0 Å². The predicted molar refractivity (Wildman–Crippen MR) is 116 cm³/mol. The summed E-state index contributed by atoms with van der Waals surface area (Å²) in [5.74, 6) is 1.52. The van der Waals surface area contributed by atoms with Gasteiger partial charge in [0.1, 0.15) is 17.4 Å². The van der Waals surface area contributed by atoms with E-state index < -0.39 is 0 Å². The number of thiazole rings is 1. The maximum atomic E-state index is 12.2. The van der Waals surface area contributed by atoms with Gasteiger partial charge in [-0.15, -0.1) is 11.3 Å². The number of ether oxygens (including phenoxy) is 3. The molecule has 30 heavy (non-hydrogen) atoms. The van der Waals surface area contributed by atoms with Crippen molar-refractivity contribution in [1.29, 1.82) is 0 Å². The third kappa shape index (κ3) is 5.64. The predicted octanol–water partition coefficient (Wildman–Crippen LogP) is 3.80. The second kappa shape index (κ2) is 10.6. The van der Waals surface area contributed by atoms with Crippen LogP contribution >= 0.6 is 11.3 Å². The first-order chi connectivity index (χ1) is 14.8. The van der Waals surface area contributed by atoms with Crippen molar-refractivity contribution < 1.29 is 19.0 Å². The number of aromatic nitrogens is 1. The molecule has 4 rings (SSSR count). The summed E-state index contributed by atoms with van der Waals surface area (Å²) >= 11 is 1.50. The Kier molecular flexibility index (Phi) is 7.42. The van der Waals surface area contributed by atoms with Gasteiger partial charge in [0.05, 0.1) is 25.5 Å². The van der Waals surface area contributed by atoms with E-state index in [1.54, 1.807) is 11.1 Å². The summed E-state index contributed by atoms with van der Waals surface area (Å²) < 4.78 is 17.0. The molecule has 2 fully saturated rings. The Morgan fingerprint density at radius 1 is 1.17 bits per heavy atom. The zero-order valence-electron chi connectivity index (χ0n) is 17.2. The van der Waals surface area contributed by atoms with Gasteiger partial charge in [-0.05, 0) is 37.3 Å². The molecule has 2 aliphatic heterocycles. The molecule has 1 amide bonds. The minimum absolute atomic E-state index is 0.237. The number of rotatable bonds is 7. The van der Waals surface area contributed by atoms with Crippen molar-refractivity contribution in [3.8, 4) is 5.75 Å². The van der Waals surface area contributed by atoms with E-state index in [1.165, 1.54) is 11.3 Å². The van der Waals surface area contributed by atoms with E-state index in [2.05, 4.69) is 22.0 Å². The highest BCUT2D eigenvalue weighted by Gasteiger charge is 2.24. The topological polar surface area (TPSA) is 64.1 Å². The van der Waals surface area contributed by atoms with Gasteiger partial charge in [-0.25, -0.2) is 9.78 Å². The average Bonchev–Trinajstić information content (AvgIpc) is 3.33. The van der Waals surface area contributed by atoms with Crippen LogP contribution in [-0.4, -0.2) is 62.0 Å². The normalized spacial score (nSPS) is 17.7. The van der Waals surface area contributed by atoms with Crippen molar-refractivity contribution in [2.75, 3.05) is 50.9 Å². The Morgan fingerprint density at radius 2 is 1.97 bits per heavy atom. The number of morpholine rings is 1. The van der Waals surface area contributed by atoms with Gasteiger partial charge in [-0.2, -0.15) is 0 Å². The van der Waals surface area contributed by atoms with Crippen molar-refractivity contribution in [3.05, 3.63) is 40.8 Å². The van der Waals surface area contributed by atoms with E-state index in [0.29, 0.717) is 12.5 Å². The van der Waals surface area contributed by atoms with E-state index in [0.717, 1.165) is 75.1 Å². The number of hydrogen-bond acceptors (Lipinski definition) is 7. The van der Waals surface area contributed by atoms with Crippen molar-refractivity contribution >= 4 is 23.1 Å². The quantitative estimate of drug-likeness (QED) is 0.665. The smallest absolute Gasteiger partial charge is 0.410 e. The van der Waals surface area contributed by atoms with Gasteiger partial charge in [0.25, 0.3) is 0 Å². The number of carbonyl (C=O) groups excluding carboxylic acids is 1. The number of para-hydroxylation sites is 2. The van der Waals surface area contributed by atoms with Crippen LogP contribution < -0.4 is 9.64 Å². The fourth-order valence-corrected chi connectivity index (χ4v) is 4.45. The van der Waals surface area contributed by atoms with Crippen LogP contribution in [0.4, 0.5) is 10.5 Å². The SMILES string of the molecule is O=C(OCc1nccs1)N1CCC(CCOc2ccccc2N2CCOCC2)CC1. The molecule has 0 saturated carbocycles. The van der Waals surface area contributed by atoms with Crippen molar-refractivity contribution in [2.24, 2.45) is 5.92 Å². The summed E-state index contributed by atoms with van der Waals surface area (Å²) in [6.07, 6.45) is 4.46. The van der Waals surface area contributed by atoms with Crippen LogP contribution in [0.15, 0.2) is 35.8 Å². The van der Waals surface area contributed by atoms with Gasteiger partial charge in [0, 0.05) is 37.8 Å². The van der Waals surface area contributed by atoms with E-state index in [4.69, 9.17) is 14.2 Å². The van der Waals surface area contributed by atoms with E-state index in [-0.39, 0.29) is 12.7 Å². The third-order valence-corrected chi connectivity index (χ3v) is 6.43. The summed E-state index contributed by atoms with van der Waals surface area (Å²) in [5, 5.41) is 2.71. The number of hydrogen-bond donors (Lipinski definition) is 0. The molecule has 0 unspecified atom stereocenters. The Hall–Kier alpha value is -2.32. The maximum absolute atomic E-state index is 12.2. The minimum atomic E-state index is -0.237. The summed E-state index contributed by atoms with van der Waals surface area (Å²) in [6, 6.07) is 8.25. The second-order valence-electron chi connectivity index (χ2n) is 7.62. The molecule has 0 aliphatic carbocycles. The van der Waals surface area contributed by atoms with Crippen LogP contribution in [0.5, 0.6) is 5.75 Å². The number of benzene rings is 1. The third-order valence-electron chi connectivity index (χ3n) is 5.68. The Morgan fingerprint density at radius 3 is 2.73 bits per heavy atom. The van der Waals surface area contributed by atoms with Crippen molar-refractivity contribution in [2.45, 2.75) is 25.9 Å². The van der Waals surface area contributed by atoms with Crippen LogP contribution in [0.2, 0.25) is 0 Å². The number of nitrogens with zero attached hydrogens (tertiary/aromatic N) is 3. The van der Waals surface area contributed by atoms with Crippen molar-refractivity contribution in [3.63, 3.8) is 0 Å². The van der Waals surface area contributed by atoms with Gasteiger partial charge >= 0.3 is 6.09 Å². The van der Waals surface area contributed by atoms with Gasteiger partial charge in [-0.3, -0.25) is 0 Å². The molecule has 0 spiro atoms. The van der Waals surface area contributed by atoms with E-state index in [9.17, 15) is 4.79 Å². The molecule has 2 aromatic rings. The highest BCUT2D eigenvalue weighted by atomic mass is 32.1. The zero-order chi connectivity index (χ0) is 20.6. The second-order valence-corrected chi connectivity index (χ2v) is 8.59. The van der Waals surface area contributed by atoms with Gasteiger partial charge in [0.15, 0.2) is 0 Å². The molecular weight excluding hydrogens is 402 g/mol. The largest absolute Gasteiger partial charge is 0.491 e. The Labute approximate surface area is 181 Å². The lowest BCUT2D eigenvalue weighted by Crippen LogP contribution is -2.39. The van der Waals surface area contributed by atoms with Crippen LogP contribution in [0, 0.1) is 5.92 Å². The number of anilines is 1. The minimum Gasteiger partial charge on any atom is -0.491 e. The Bertz CT molecular complexity index is 787. The summed E-state index contributed by atoms with van der Waals surface area (Å²) in [6.45, 7) is 5.76. The standard InChI is InChI=1S/C22H29N3O4S/c26-22(29-17-21-23-8-16-30-21)25-9-5-18(6-10-25)7-13-28-20-4-2-1-3-19(20)24-11-14-27-15-12-24/h1-4,8,16,18H,5-7,9-15,17H2. The molecule has 162 valence electrons. The Balaban J connectivity index is 1.18. The maximum Gasteiger partial charge on any atom is 0.410 e. The van der Waals surface area contributed by atoms with E-state index >= 15 is 0 Å². The lowest BCUT2D eigenvalue weighted by atomic mass is 9.94. The van der Waals surface area contributed by atoms with Crippen LogP contribution in [0.3, 0.4) is 0 Å². The molecular formula is C22H29N3O4S. The first-order valence-corrected chi connectivity index (χ1v) is 11.5. The van der Waals surface area contributed by atoms with Gasteiger partial charge in [-0.1, -0.05) is 12.1 Å². The summed E-state index contributed by atoms with van der Waals surface area (Å²) in [5.41, 5.74) is 1.15.